The number of hydrogen-bond acceptors (Lipinski definition) is 3. The quantitative estimate of drug-likeness (QED) is 0.769. The lowest BCUT2D eigenvalue weighted by molar-refractivity contribution is 0.306. The highest BCUT2D eigenvalue weighted by atomic mass is 79.9. The predicted molar refractivity (Wildman–Crippen MR) is 74.3 cm³/mol. The number of halogens is 1. The third-order valence-electron chi connectivity index (χ3n) is 2.36. The maximum Gasteiger partial charge on any atom is 0.124 e. The minimum Gasteiger partial charge on any atom is -0.497 e. The molecule has 2 rings (SSSR count). The topological polar surface area (TPSA) is 18.5 Å². The predicted octanol–water partition coefficient (Wildman–Crippen LogP) is 4.23. The zero-order valence-corrected chi connectivity index (χ0v) is 11.9. The highest BCUT2D eigenvalue weighted by Gasteiger charge is 2.05. The normalized spacial score (nSPS) is 10.2. The molecule has 0 aliphatic carbocycles. The fourth-order valence-electron chi connectivity index (χ4n) is 1.47. The summed E-state index contributed by atoms with van der Waals surface area (Å²) in [6.07, 6.45) is 0. The Labute approximate surface area is 113 Å². The molecular formula is C13H13BrO2S. The lowest BCUT2D eigenvalue weighted by Gasteiger charge is -2.10. The number of benzene rings is 1. The zero-order valence-electron chi connectivity index (χ0n) is 9.48. The van der Waals surface area contributed by atoms with Crippen molar-refractivity contribution in [3.63, 3.8) is 0 Å². The molecule has 1 aromatic carbocycles. The molecule has 0 N–H and O–H groups in total. The highest BCUT2D eigenvalue weighted by Crippen LogP contribution is 2.27. The highest BCUT2D eigenvalue weighted by molar-refractivity contribution is 9.08. The summed E-state index contributed by atoms with van der Waals surface area (Å²) in [5, 5.41) is 2.81. The smallest absolute Gasteiger partial charge is 0.124 e. The van der Waals surface area contributed by atoms with E-state index in [4.69, 9.17) is 9.47 Å². The fraction of sp³-hybridized carbons (Fsp3) is 0.231. The Bertz CT molecular complexity index is 468. The van der Waals surface area contributed by atoms with Gasteiger partial charge in [-0.3, -0.25) is 0 Å². The minimum absolute atomic E-state index is 0.615. The molecular weight excluding hydrogens is 300 g/mol. The fourth-order valence-corrected chi connectivity index (χ4v) is 2.53. The Morgan fingerprint density at radius 3 is 2.82 bits per heavy atom. The third-order valence-corrected chi connectivity index (χ3v) is 3.82. The Hall–Kier alpha value is -1.00. The summed E-state index contributed by atoms with van der Waals surface area (Å²) in [6.45, 7) is 0.615. The molecule has 1 heterocycles. The SMILES string of the molecule is COc1ccc(OCc2cccs2)c(CBr)c1. The van der Waals surface area contributed by atoms with Crippen molar-refractivity contribution in [3.8, 4) is 11.5 Å². The van der Waals surface area contributed by atoms with Crippen molar-refractivity contribution in [1.29, 1.82) is 0 Å². The van der Waals surface area contributed by atoms with E-state index in [1.165, 1.54) is 4.88 Å². The van der Waals surface area contributed by atoms with Gasteiger partial charge in [0.25, 0.3) is 0 Å². The van der Waals surface area contributed by atoms with E-state index in [1.807, 2.05) is 24.3 Å². The largest absolute Gasteiger partial charge is 0.497 e. The van der Waals surface area contributed by atoms with Gasteiger partial charge >= 0.3 is 0 Å². The first-order chi connectivity index (χ1) is 8.33. The van der Waals surface area contributed by atoms with Crippen LogP contribution in [0.4, 0.5) is 0 Å². The average Bonchev–Trinajstić information content (AvgIpc) is 2.89. The van der Waals surface area contributed by atoms with Gasteiger partial charge in [0.1, 0.15) is 18.1 Å². The van der Waals surface area contributed by atoms with Gasteiger partial charge in [-0.1, -0.05) is 22.0 Å². The summed E-state index contributed by atoms with van der Waals surface area (Å²) in [5.74, 6) is 1.75. The van der Waals surface area contributed by atoms with E-state index >= 15 is 0 Å². The molecule has 0 saturated carbocycles. The van der Waals surface area contributed by atoms with Crippen LogP contribution in [0.15, 0.2) is 35.7 Å². The van der Waals surface area contributed by atoms with Gasteiger partial charge in [0, 0.05) is 15.8 Å². The van der Waals surface area contributed by atoms with Crippen LogP contribution >= 0.6 is 27.3 Å². The second-order valence-corrected chi connectivity index (χ2v) is 5.07. The van der Waals surface area contributed by atoms with Gasteiger partial charge < -0.3 is 9.47 Å². The maximum atomic E-state index is 5.80. The Morgan fingerprint density at radius 1 is 1.29 bits per heavy atom. The first kappa shape index (κ1) is 12.5. The summed E-state index contributed by atoms with van der Waals surface area (Å²) in [6, 6.07) is 9.95. The van der Waals surface area contributed by atoms with Crippen LogP contribution in [0.2, 0.25) is 0 Å². The standard InChI is InChI=1S/C13H13BrO2S/c1-15-11-4-5-13(10(7-11)8-14)16-9-12-3-2-6-17-12/h2-7H,8-9H2,1H3. The first-order valence-electron chi connectivity index (χ1n) is 5.21. The molecule has 0 spiro atoms. The molecule has 4 heteroatoms. The molecule has 0 atom stereocenters. The van der Waals surface area contributed by atoms with Gasteiger partial charge in [-0.05, 0) is 29.6 Å². The zero-order chi connectivity index (χ0) is 12.1. The van der Waals surface area contributed by atoms with E-state index in [2.05, 4.69) is 27.4 Å². The molecule has 0 aliphatic heterocycles. The molecule has 0 fully saturated rings. The molecule has 17 heavy (non-hydrogen) atoms. The Kier molecular flexibility index (Phi) is 4.45. The minimum atomic E-state index is 0.615. The molecule has 0 radical (unpaired) electrons. The second-order valence-electron chi connectivity index (χ2n) is 3.48. The van der Waals surface area contributed by atoms with Crippen molar-refractivity contribution < 1.29 is 9.47 Å². The molecule has 0 unspecified atom stereocenters. The van der Waals surface area contributed by atoms with Crippen molar-refractivity contribution in [1.82, 2.24) is 0 Å². The van der Waals surface area contributed by atoms with Gasteiger partial charge in [-0.2, -0.15) is 0 Å². The van der Waals surface area contributed by atoms with E-state index in [9.17, 15) is 0 Å². The third kappa shape index (κ3) is 3.23. The van der Waals surface area contributed by atoms with Gasteiger partial charge in [-0.25, -0.2) is 0 Å². The molecule has 1 aromatic heterocycles. The van der Waals surface area contributed by atoms with Crippen LogP contribution in [0.3, 0.4) is 0 Å². The Morgan fingerprint density at radius 2 is 2.18 bits per heavy atom. The number of rotatable bonds is 5. The number of hydrogen-bond donors (Lipinski definition) is 0. The summed E-state index contributed by atoms with van der Waals surface area (Å²) in [7, 11) is 1.67. The van der Waals surface area contributed by atoms with Crippen molar-refractivity contribution in [2.24, 2.45) is 0 Å². The van der Waals surface area contributed by atoms with Crippen LogP contribution in [0.5, 0.6) is 11.5 Å². The van der Waals surface area contributed by atoms with Gasteiger partial charge in [0.05, 0.1) is 7.11 Å². The van der Waals surface area contributed by atoms with Gasteiger partial charge in [0.2, 0.25) is 0 Å². The van der Waals surface area contributed by atoms with E-state index in [-0.39, 0.29) is 0 Å². The molecule has 0 saturated heterocycles. The number of thiophene rings is 1. The van der Waals surface area contributed by atoms with Crippen LogP contribution < -0.4 is 9.47 Å². The van der Waals surface area contributed by atoms with Crippen LogP contribution in [0, 0.1) is 0 Å². The average molecular weight is 313 g/mol. The lowest BCUT2D eigenvalue weighted by atomic mass is 10.2. The molecule has 2 nitrogen and oxygen atoms in total. The number of methoxy groups -OCH3 is 1. The monoisotopic (exact) mass is 312 g/mol. The Balaban J connectivity index is 2.09. The van der Waals surface area contributed by atoms with Crippen molar-refractivity contribution in [3.05, 3.63) is 46.2 Å². The maximum absolute atomic E-state index is 5.80. The molecule has 0 aliphatic rings. The van der Waals surface area contributed by atoms with E-state index in [0.29, 0.717) is 6.61 Å². The van der Waals surface area contributed by atoms with Crippen molar-refractivity contribution >= 4 is 27.3 Å². The summed E-state index contributed by atoms with van der Waals surface area (Å²) in [5.41, 5.74) is 1.10. The summed E-state index contributed by atoms with van der Waals surface area (Å²) < 4.78 is 11.0. The number of ether oxygens (including phenoxy) is 2. The van der Waals surface area contributed by atoms with Gasteiger partial charge in [0.15, 0.2) is 0 Å². The van der Waals surface area contributed by atoms with Gasteiger partial charge in [-0.15, -0.1) is 11.3 Å². The molecule has 0 bridgehead atoms. The van der Waals surface area contributed by atoms with E-state index in [1.54, 1.807) is 18.4 Å². The van der Waals surface area contributed by atoms with Crippen molar-refractivity contribution in [2.45, 2.75) is 11.9 Å². The van der Waals surface area contributed by atoms with E-state index < -0.39 is 0 Å². The molecule has 2 aromatic rings. The second kappa shape index (κ2) is 6.07. The first-order valence-corrected chi connectivity index (χ1v) is 7.21. The summed E-state index contributed by atoms with van der Waals surface area (Å²) >= 11 is 5.16. The molecule has 0 amide bonds. The molecule has 90 valence electrons. The number of alkyl halides is 1. The van der Waals surface area contributed by atoms with Crippen LogP contribution in [-0.2, 0) is 11.9 Å². The summed E-state index contributed by atoms with van der Waals surface area (Å²) in [4.78, 5) is 1.22. The van der Waals surface area contributed by atoms with Crippen LogP contribution in [-0.4, -0.2) is 7.11 Å². The lowest BCUT2D eigenvalue weighted by Crippen LogP contribution is -1.96. The van der Waals surface area contributed by atoms with Crippen molar-refractivity contribution in [2.75, 3.05) is 7.11 Å². The van der Waals surface area contributed by atoms with E-state index in [0.717, 1.165) is 22.4 Å². The van der Waals surface area contributed by atoms with Crippen LogP contribution in [0.25, 0.3) is 0 Å². The van der Waals surface area contributed by atoms with Crippen LogP contribution in [0.1, 0.15) is 10.4 Å².